The van der Waals surface area contributed by atoms with Crippen molar-refractivity contribution < 1.29 is 4.74 Å². The lowest BCUT2D eigenvalue weighted by Crippen LogP contribution is -2.06. The van der Waals surface area contributed by atoms with Crippen LogP contribution in [0.2, 0.25) is 0 Å². The van der Waals surface area contributed by atoms with E-state index in [0.29, 0.717) is 5.95 Å². The second-order valence-corrected chi connectivity index (χ2v) is 5.57. The SMILES string of the molecule is CCCNc1ncc(C)c(Nc2cc(Br)cc(OC)c2)n1. The van der Waals surface area contributed by atoms with Gasteiger partial charge in [0.05, 0.1) is 7.11 Å². The van der Waals surface area contributed by atoms with E-state index in [2.05, 4.69) is 43.5 Å². The number of methoxy groups -OCH3 is 1. The Balaban J connectivity index is 2.23. The predicted octanol–water partition coefficient (Wildman–Crippen LogP) is 4.12. The molecule has 1 heterocycles. The minimum absolute atomic E-state index is 0.631. The summed E-state index contributed by atoms with van der Waals surface area (Å²) >= 11 is 3.47. The molecule has 0 amide bonds. The fraction of sp³-hybridized carbons (Fsp3) is 0.333. The molecular weight excluding hydrogens is 332 g/mol. The highest BCUT2D eigenvalue weighted by molar-refractivity contribution is 9.10. The van der Waals surface area contributed by atoms with Crippen LogP contribution >= 0.6 is 15.9 Å². The van der Waals surface area contributed by atoms with Crippen LogP contribution in [-0.4, -0.2) is 23.6 Å². The number of aromatic nitrogens is 2. The highest BCUT2D eigenvalue weighted by Crippen LogP contribution is 2.27. The normalized spacial score (nSPS) is 10.3. The minimum Gasteiger partial charge on any atom is -0.497 e. The van der Waals surface area contributed by atoms with Crippen molar-refractivity contribution in [2.75, 3.05) is 24.3 Å². The van der Waals surface area contributed by atoms with Crippen LogP contribution < -0.4 is 15.4 Å². The Morgan fingerprint density at radius 1 is 1.29 bits per heavy atom. The Hall–Kier alpha value is -1.82. The molecule has 0 unspecified atom stereocenters. The lowest BCUT2D eigenvalue weighted by Gasteiger charge is -2.12. The summed E-state index contributed by atoms with van der Waals surface area (Å²) in [6, 6.07) is 5.81. The topological polar surface area (TPSA) is 59.1 Å². The van der Waals surface area contributed by atoms with Crippen LogP contribution in [0.4, 0.5) is 17.5 Å². The summed E-state index contributed by atoms with van der Waals surface area (Å²) in [6.45, 7) is 4.93. The second-order valence-electron chi connectivity index (χ2n) is 4.66. The number of nitrogens with zero attached hydrogens (tertiary/aromatic N) is 2. The van der Waals surface area contributed by atoms with Gasteiger partial charge >= 0.3 is 0 Å². The van der Waals surface area contributed by atoms with Crippen molar-refractivity contribution >= 4 is 33.4 Å². The van der Waals surface area contributed by atoms with E-state index < -0.39 is 0 Å². The lowest BCUT2D eigenvalue weighted by atomic mass is 10.3. The third-order valence-electron chi connectivity index (χ3n) is 2.87. The fourth-order valence-electron chi connectivity index (χ4n) is 1.78. The standard InChI is InChI=1S/C15H19BrN4O/c1-4-5-17-15-18-9-10(2)14(20-15)19-12-6-11(16)7-13(8-12)21-3/h6-9H,4-5H2,1-3H3,(H2,17,18,19,20). The first-order valence-electron chi connectivity index (χ1n) is 6.81. The van der Waals surface area contributed by atoms with Gasteiger partial charge < -0.3 is 15.4 Å². The molecule has 1 aromatic carbocycles. The number of nitrogens with one attached hydrogen (secondary N) is 2. The smallest absolute Gasteiger partial charge is 0.224 e. The summed E-state index contributed by atoms with van der Waals surface area (Å²) in [5, 5.41) is 6.49. The number of rotatable bonds is 6. The van der Waals surface area contributed by atoms with Gasteiger partial charge in [-0.05, 0) is 25.5 Å². The number of aryl methyl sites for hydroxylation is 1. The second kappa shape index (κ2) is 7.26. The molecule has 6 heteroatoms. The average molecular weight is 351 g/mol. The fourth-order valence-corrected chi connectivity index (χ4v) is 2.25. The summed E-state index contributed by atoms with van der Waals surface area (Å²) in [4.78, 5) is 8.77. The van der Waals surface area contributed by atoms with Crippen LogP contribution in [-0.2, 0) is 0 Å². The molecule has 1 aromatic heterocycles. The van der Waals surface area contributed by atoms with Gasteiger partial charge in [0.2, 0.25) is 5.95 Å². The van der Waals surface area contributed by atoms with Crippen molar-refractivity contribution in [2.45, 2.75) is 20.3 Å². The summed E-state index contributed by atoms with van der Waals surface area (Å²) < 4.78 is 6.21. The Bertz CT molecular complexity index is 619. The Kier molecular flexibility index (Phi) is 5.38. The Labute approximate surface area is 133 Å². The zero-order valence-corrected chi connectivity index (χ0v) is 14.0. The van der Waals surface area contributed by atoms with E-state index in [4.69, 9.17) is 4.74 Å². The van der Waals surface area contributed by atoms with Crippen LogP contribution in [0, 0.1) is 6.92 Å². The van der Waals surface area contributed by atoms with Gasteiger partial charge in [-0.25, -0.2) is 4.98 Å². The molecule has 0 spiro atoms. The highest BCUT2D eigenvalue weighted by atomic mass is 79.9. The Morgan fingerprint density at radius 3 is 2.81 bits per heavy atom. The molecule has 2 rings (SSSR count). The monoisotopic (exact) mass is 350 g/mol. The average Bonchev–Trinajstić information content (AvgIpc) is 2.47. The van der Waals surface area contributed by atoms with Gasteiger partial charge in [-0.1, -0.05) is 22.9 Å². The van der Waals surface area contributed by atoms with Crippen molar-refractivity contribution in [3.63, 3.8) is 0 Å². The molecule has 0 fully saturated rings. The molecule has 21 heavy (non-hydrogen) atoms. The number of hydrogen-bond acceptors (Lipinski definition) is 5. The van der Waals surface area contributed by atoms with Gasteiger partial charge in [-0.15, -0.1) is 0 Å². The molecule has 0 saturated carbocycles. The molecule has 0 aliphatic rings. The molecule has 0 atom stereocenters. The van der Waals surface area contributed by atoms with E-state index in [9.17, 15) is 0 Å². The van der Waals surface area contributed by atoms with E-state index in [1.165, 1.54) is 0 Å². The molecule has 0 bridgehead atoms. The van der Waals surface area contributed by atoms with Crippen LogP contribution in [0.25, 0.3) is 0 Å². The number of benzene rings is 1. The molecule has 5 nitrogen and oxygen atoms in total. The molecule has 0 aliphatic carbocycles. The van der Waals surface area contributed by atoms with E-state index in [0.717, 1.165) is 40.3 Å². The first-order valence-corrected chi connectivity index (χ1v) is 7.60. The van der Waals surface area contributed by atoms with E-state index in [1.807, 2.05) is 31.3 Å². The molecule has 0 saturated heterocycles. The van der Waals surface area contributed by atoms with Crippen LogP contribution in [0.5, 0.6) is 5.75 Å². The summed E-state index contributed by atoms with van der Waals surface area (Å²) in [5.41, 5.74) is 1.89. The third kappa shape index (κ3) is 4.32. The number of anilines is 3. The van der Waals surface area contributed by atoms with Gasteiger partial charge in [0.15, 0.2) is 0 Å². The van der Waals surface area contributed by atoms with Gasteiger partial charge in [0, 0.05) is 34.5 Å². The maximum Gasteiger partial charge on any atom is 0.224 e. The maximum absolute atomic E-state index is 5.27. The zero-order valence-electron chi connectivity index (χ0n) is 12.4. The van der Waals surface area contributed by atoms with Crippen LogP contribution in [0.1, 0.15) is 18.9 Å². The van der Waals surface area contributed by atoms with Gasteiger partial charge in [-0.2, -0.15) is 4.98 Å². The summed E-state index contributed by atoms with van der Waals surface area (Å²) in [5.74, 6) is 2.19. The highest BCUT2D eigenvalue weighted by Gasteiger charge is 2.06. The summed E-state index contributed by atoms with van der Waals surface area (Å²) in [7, 11) is 1.65. The van der Waals surface area contributed by atoms with Crippen molar-refractivity contribution in [1.29, 1.82) is 0 Å². The van der Waals surface area contributed by atoms with E-state index in [1.54, 1.807) is 7.11 Å². The van der Waals surface area contributed by atoms with Crippen LogP contribution in [0.15, 0.2) is 28.9 Å². The summed E-state index contributed by atoms with van der Waals surface area (Å²) in [6.07, 6.45) is 2.84. The van der Waals surface area contributed by atoms with Crippen molar-refractivity contribution in [2.24, 2.45) is 0 Å². The molecule has 2 N–H and O–H groups in total. The molecule has 112 valence electrons. The Morgan fingerprint density at radius 2 is 2.10 bits per heavy atom. The lowest BCUT2D eigenvalue weighted by molar-refractivity contribution is 0.415. The molecule has 2 aromatic rings. The molecular formula is C15H19BrN4O. The first kappa shape index (κ1) is 15.6. The largest absolute Gasteiger partial charge is 0.497 e. The maximum atomic E-state index is 5.27. The van der Waals surface area contributed by atoms with Crippen molar-refractivity contribution in [3.8, 4) is 5.75 Å². The van der Waals surface area contributed by atoms with Gasteiger partial charge in [0.25, 0.3) is 0 Å². The number of ether oxygens (including phenoxy) is 1. The molecule has 0 radical (unpaired) electrons. The quantitative estimate of drug-likeness (QED) is 0.820. The van der Waals surface area contributed by atoms with Gasteiger partial charge in [0.1, 0.15) is 11.6 Å². The minimum atomic E-state index is 0.631. The number of halogens is 1. The first-order chi connectivity index (χ1) is 10.1. The predicted molar refractivity (Wildman–Crippen MR) is 89.5 cm³/mol. The zero-order chi connectivity index (χ0) is 15.2. The van der Waals surface area contributed by atoms with Gasteiger partial charge in [-0.3, -0.25) is 0 Å². The van der Waals surface area contributed by atoms with Crippen molar-refractivity contribution in [3.05, 3.63) is 34.4 Å². The van der Waals surface area contributed by atoms with Crippen LogP contribution in [0.3, 0.4) is 0 Å². The van der Waals surface area contributed by atoms with Crippen molar-refractivity contribution in [1.82, 2.24) is 9.97 Å². The van der Waals surface area contributed by atoms with E-state index >= 15 is 0 Å². The number of hydrogen-bond donors (Lipinski definition) is 2. The molecule has 0 aliphatic heterocycles. The third-order valence-corrected chi connectivity index (χ3v) is 3.33. The van der Waals surface area contributed by atoms with E-state index in [-0.39, 0.29) is 0 Å².